The number of ether oxygens (including phenoxy) is 3. The predicted octanol–water partition coefficient (Wildman–Crippen LogP) is 3.02. The third-order valence-electron chi connectivity index (χ3n) is 2.77. The molecule has 0 aliphatic carbocycles. The van der Waals surface area contributed by atoms with Gasteiger partial charge in [-0.15, -0.1) is 0 Å². The highest BCUT2D eigenvalue weighted by Gasteiger charge is 2.15. The van der Waals surface area contributed by atoms with E-state index < -0.39 is 5.97 Å². The molecule has 0 aliphatic heterocycles. The summed E-state index contributed by atoms with van der Waals surface area (Å²) in [5.41, 5.74) is 0.328. The van der Waals surface area contributed by atoms with E-state index in [1.807, 2.05) is 6.92 Å². The molecule has 0 saturated heterocycles. The molecular weight excluding hydrogens is 272 g/mol. The van der Waals surface area contributed by atoms with Gasteiger partial charge in [0.2, 0.25) is 0 Å². The Morgan fingerprint density at radius 2 is 1.90 bits per heavy atom. The van der Waals surface area contributed by atoms with E-state index in [0.29, 0.717) is 23.7 Å². The van der Waals surface area contributed by atoms with Gasteiger partial charge in [-0.2, -0.15) is 0 Å². The Morgan fingerprint density at radius 3 is 2.57 bits per heavy atom. The smallest absolute Gasteiger partial charge is 0.347 e. The molecule has 0 aromatic heterocycles. The van der Waals surface area contributed by atoms with Gasteiger partial charge in [0, 0.05) is 6.07 Å². The van der Waals surface area contributed by atoms with Gasteiger partial charge in [-0.25, -0.2) is 4.79 Å². The van der Waals surface area contributed by atoms with Gasteiger partial charge in [0.15, 0.2) is 11.5 Å². The van der Waals surface area contributed by atoms with Crippen LogP contribution in [0.2, 0.25) is 0 Å². The monoisotopic (exact) mass is 288 g/mol. The van der Waals surface area contributed by atoms with E-state index in [0.717, 1.165) is 0 Å². The molecule has 0 unspecified atom stereocenters. The average Bonchev–Trinajstić information content (AvgIpc) is 2.48. The lowest BCUT2D eigenvalue weighted by molar-refractivity contribution is 0.0730. The number of carbonyl (C=O) groups is 1. The van der Waals surface area contributed by atoms with Gasteiger partial charge < -0.3 is 19.3 Å². The van der Waals surface area contributed by atoms with Crippen molar-refractivity contribution in [3.8, 4) is 23.0 Å². The van der Waals surface area contributed by atoms with Crippen LogP contribution in [0.3, 0.4) is 0 Å². The van der Waals surface area contributed by atoms with Crippen molar-refractivity contribution < 1.29 is 24.1 Å². The van der Waals surface area contributed by atoms with Crippen LogP contribution in [0.1, 0.15) is 17.3 Å². The van der Waals surface area contributed by atoms with E-state index >= 15 is 0 Å². The van der Waals surface area contributed by atoms with Crippen LogP contribution in [0.15, 0.2) is 42.5 Å². The lowest BCUT2D eigenvalue weighted by Crippen LogP contribution is -2.10. The number of methoxy groups -OCH3 is 1. The molecule has 5 nitrogen and oxygen atoms in total. The number of hydrogen-bond donors (Lipinski definition) is 1. The largest absolute Gasteiger partial charge is 0.504 e. The second-order valence-electron chi connectivity index (χ2n) is 4.15. The Kier molecular flexibility index (Phi) is 4.66. The molecule has 2 aromatic rings. The van der Waals surface area contributed by atoms with Crippen molar-refractivity contribution in [2.75, 3.05) is 13.7 Å². The number of esters is 1. The Balaban J connectivity index is 2.20. The molecular formula is C16H16O5. The molecule has 21 heavy (non-hydrogen) atoms. The lowest BCUT2D eigenvalue weighted by Gasteiger charge is -2.10. The standard InChI is InChI=1S/C16H16O5/c1-3-20-14-7-5-4-6-12(14)16(18)21-11-8-9-15(19-2)13(17)10-11/h4-10,17H,3H2,1-2H3. The number of benzene rings is 2. The van der Waals surface area contributed by atoms with Gasteiger partial charge in [-0.1, -0.05) is 12.1 Å². The van der Waals surface area contributed by atoms with E-state index in [-0.39, 0.29) is 11.5 Å². The minimum atomic E-state index is -0.552. The van der Waals surface area contributed by atoms with Gasteiger partial charge in [0.1, 0.15) is 17.1 Å². The Morgan fingerprint density at radius 1 is 1.14 bits per heavy atom. The fourth-order valence-electron chi connectivity index (χ4n) is 1.81. The first-order valence-electron chi connectivity index (χ1n) is 6.46. The summed E-state index contributed by atoms with van der Waals surface area (Å²) in [5, 5.41) is 9.67. The summed E-state index contributed by atoms with van der Waals surface area (Å²) in [5.74, 6) is 0.348. The van der Waals surface area contributed by atoms with E-state index in [4.69, 9.17) is 14.2 Å². The van der Waals surface area contributed by atoms with Crippen LogP contribution in [0.5, 0.6) is 23.0 Å². The minimum absolute atomic E-state index is 0.0964. The topological polar surface area (TPSA) is 65.0 Å². The van der Waals surface area contributed by atoms with E-state index in [1.54, 1.807) is 30.3 Å². The third-order valence-corrected chi connectivity index (χ3v) is 2.77. The molecule has 0 atom stereocenters. The van der Waals surface area contributed by atoms with Gasteiger partial charge in [0.05, 0.1) is 13.7 Å². The summed E-state index contributed by atoms with van der Waals surface area (Å²) in [4.78, 5) is 12.2. The number of rotatable bonds is 5. The van der Waals surface area contributed by atoms with Crippen LogP contribution in [0.25, 0.3) is 0 Å². The molecule has 1 N–H and O–H groups in total. The molecule has 0 bridgehead atoms. The van der Waals surface area contributed by atoms with Crippen LogP contribution in [0.4, 0.5) is 0 Å². The second-order valence-corrected chi connectivity index (χ2v) is 4.15. The van der Waals surface area contributed by atoms with Crippen molar-refractivity contribution in [3.05, 3.63) is 48.0 Å². The first-order valence-corrected chi connectivity index (χ1v) is 6.46. The number of para-hydroxylation sites is 1. The number of carbonyl (C=O) groups excluding carboxylic acids is 1. The fraction of sp³-hybridized carbons (Fsp3) is 0.188. The summed E-state index contributed by atoms with van der Waals surface area (Å²) < 4.78 is 15.5. The zero-order valence-corrected chi connectivity index (χ0v) is 11.8. The average molecular weight is 288 g/mol. The maximum Gasteiger partial charge on any atom is 0.347 e. The van der Waals surface area contributed by atoms with Gasteiger partial charge >= 0.3 is 5.97 Å². The summed E-state index contributed by atoms with van der Waals surface area (Å²) in [6, 6.07) is 11.2. The maximum atomic E-state index is 12.2. The number of phenolic OH excluding ortho intramolecular Hbond substituents is 1. The fourth-order valence-corrected chi connectivity index (χ4v) is 1.81. The van der Waals surface area contributed by atoms with Crippen molar-refractivity contribution in [2.24, 2.45) is 0 Å². The summed E-state index contributed by atoms with van der Waals surface area (Å²) in [6.45, 7) is 2.29. The second kappa shape index (κ2) is 6.65. The minimum Gasteiger partial charge on any atom is -0.504 e. The normalized spacial score (nSPS) is 10.0. The van der Waals surface area contributed by atoms with Gasteiger partial charge in [0.25, 0.3) is 0 Å². The van der Waals surface area contributed by atoms with Crippen LogP contribution in [0, 0.1) is 0 Å². The van der Waals surface area contributed by atoms with Crippen LogP contribution in [-0.2, 0) is 0 Å². The van der Waals surface area contributed by atoms with Crippen molar-refractivity contribution in [2.45, 2.75) is 6.92 Å². The molecule has 0 aliphatic rings. The number of phenols is 1. The highest BCUT2D eigenvalue weighted by Crippen LogP contribution is 2.30. The lowest BCUT2D eigenvalue weighted by atomic mass is 10.2. The molecule has 0 radical (unpaired) electrons. The van der Waals surface area contributed by atoms with Crippen LogP contribution < -0.4 is 14.2 Å². The predicted molar refractivity (Wildman–Crippen MR) is 77.2 cm³/mol. The van der Waals surface area contributed by atoms with Crippen molar-refractivity contribution in [1.29, 1.82) is 0 Å². The molecule has 0 saturated carbocycles. The van der Waals surface area contributed by atoms with E-state index in [9.17, 15) is 9.90 Å². The van der Waals surface area contributed by atoms with E-state index in [1.165, 1.54) is 19.2 Å². The Bertz CT molecular complexity index is 636. The van der Waals surface area contributed by atoms with Crippen molar-refractivity contribution >= 4 is 5.97 Å². The first kappa shape index (κ1) is 14.7. The highest BCUT2D eigenvalue weighted by molar-refractivity contribution is 5.94. The molecule has 0 spiro atoms. The van der Waals surface area contributed by atoms with Crippen molar-refractivity contribution in [3.63, 3.8) is 0 Å². The Hall–Kier alpha value is -2.69. The molecule has 2 rings (SSSR count). The first-order chi connectivity index (χ1) is 10.2. The summed E-state index contributed by atoms with van der Waals surface area (Å²) in [7, 11) is 1.44. The van der Waals surface area contributed by atoms with Crippen molar-refractivity contribution in [1.82, 2.24) is 0 Å². The number of aromatic hydroxyl groups is 1. The molecule has 5 heteroatoms. The molecule has 0 heterocycles. The highest BCUT2D eigenvalue weighted by atomic mass is 16.5. The Labute approximate surface area is 122 Å². The zero-order valence-electron chi connectivity index (χ0n) is 11.8. The quantitative estimate of drug-likeness (QED) is 0.676. The van der Waals surface area contributed by atoms with Gasteiger partial charge in [-0.3, -0.25) is 0 Å². The van der Waals surface area contributed by atoms with Gasteiger partial charge in [-0.05, 0) is 31.2 Å². The summed E-state index contributed by atoms with van der Waals surface area (Å²) in [6.07, 6.45) is 0. The molecule has 110 valence electrons. The molecule has 0 amide bonds. The third kappa shape index (κ3) is 3.45. The maximum absolute atomic E-state index is 12.2. The van der Waals surface area contributed by atoms with Crippen LogP contribution >= 0.6 is 0 Å². The molecule has 0 fully saturated rings. The van der Waals surface area contributed by atoms with Crippen LogP contribution in [-0.4, -0.2) is 24.8 Å². The number of hydrogen-bond acceptors (Lipinski definition) is 5. The SMILES string of the molecule is CCOc1ccccc1C(=O)Oc1ccc(OC)c(O)c1. The zero-order chi connectivity index (χ0) is 15.2. The summed E-state index contributed by atoms with van der Waals surface area (Å²) >= 11 is 0. The molecule has 2 aromatic carbocycles. The van der Waals surface area contributed by atoms with E-state index in [2.05, 4.69) is 0 Å².